The van der Waals surface area contributed by atoms with Gasteiger partial charge in [0.05, 0.1) is 24.0 Å². The van der Waals surface area contributed by atoms with Crippen LogP contribution in [0.25, 0.3) is 32.1 Å². The van der Waals surface area contributed by atoms with E-state index in [9.17, 15) is 18.3 Å². The lowest BCUT2D eigenvalue weighted by Crippen LogP contribution is -2.38. The molecule has 0 radical (unpaired) electrons. The second-order valence-corrected chi connectivity index (χ2v) is 11.4. The normalized spacial score (nSPS) is 19.0. The molecule has 1 aliphatic rings. The Morgan fingerprint density at radius 3 is 2.59 bits per heavy atom. The van der Waals surface area contributed by atoms with Crippen molar-refractivity contribution in [2.24, 2.45) is 0 Å². The van der Waals surface area contributed by atoms with Crippen molar-refractivity contribution in [1.82, 2.24) is 20.3 Å². The molecule has 1 saturated carbocycles. The Hall–Kier alpha value is -3.31. The Morgan fingerprint density at radius 2 is 1.80 bits per heavy atom. The number of alkyl halides is 3. The molecule has 11 heteroatoms. The number of aliphatic hydroxyl groups is 1. The van der Waals surface area contributed by atoms with Crippen LogP contribution < -0.4 is 10.2 Å². The number of aliphatic hydroxyl groups excluding tert-OH is 1. The van der Waals surface area contributed by atoms with Gasteiger partial charge in [-0.05, 0) is 35.4 Å². The summed E-state index contributed by atoms with van der Waals surface area (Å²) in [5.41, 5.74) is 3.34. The van der Waals surface area contributed by atoms with E-state index in [1.165, 1.54) is 17.8 Å². The third-order valence-corrected chi connectivity index (χ3v) is 8.63. The van der Waals surface area contributed by atoms with Crippen LogP contribution in [0.2, 0.25) is 0 Å². The maximum atomic E-state index is 12.9. The van der Waals surface area contributed by atoms with Gasteiger partial charge < -0.3 is 15.3 Å². The minimum absolute atomic E-state index is 0. The SMILES string of the molecule is CN(c1ncnc2sc(CC(F)(F)F)cc12)[C@H]1C[C@@H](NCc2ccc(-c3cncc4ccccc34)cc2)C[C@H]1O.Cl. The molecule has 3 atom stereocenters. The minimum Gasteiger partial charge on any atom is -0.391 e. The second kappa shape index (κ2) is 11.9. The van der Waals surface area contributed by atoms with Gasteiger partial charge in [0.25, 0.3) is 0 Å². The van der Waals surface area contributed by atoms with Crippen molar-refractivity contribution in [2.75, 3.05) is 11.9 Å². The number of nitrogens with one attached hydrogen (secondary N) is 1. The summed E-state index contributed by atoms with van der Waals surface area (Å²) in [5, 5.41) is 17.3. The molecular weight excluding hydrogens is 571 g/mol. The Morgan fingerprint density at radius 1 is 1.02 bits per heavy atom. The van der Waals surface area contributed by atoms with Crippen LogP contribution in [0.15, 0.2) is 73.3 Å². The van der Waals surface area contributed by atoms with Gasteiger partial charge in [-0.15, -0.1) is 23.7 Å². The lowest BCUT2D eigenvalue weighted by Gasteiger charge is -2.28. The molecule has 0 aliphatic heterocycles. The van der Waals surface area contributed by atoms with Crippen molar-refractivity contribution in [3.63, 3.8) is 0 Å². The number of halogens is 4. The van der Waals surface area contributed by atoms with E-state index in [0.717, 1.165) is 33.4 Å². The van der Waals surface area contributed by atoms with E-state index in [4.69, 9.17) is 0 Å². The van der Waals surface area contributed by atoms with Crippen LogP contribution in [0, 0.1) is 0 Å². The van der Waals surface area contributed by atoms with Crippen molar-refractivity contribution in [1.29, 1.82) is 0 Å². The highest BCUT2D eigenvalue weighted by atomic mass is 35.5. The molecule has 3 aromatic heterocycles. The number of fused-ring (bicyclic) bond motifs is 2. The smallest absolute Gasteiger partial charge is 0.391 e. The molecular formula is C30H29ClF3N5OS. The van der Waals surface area contributed by atoms with Crippen molar-refractivity contribution < 1.29 is 18.3 Å². The number of anilines is 1. The molecule has 2 N–H and O–H groups in total. The molecule has 3 heterocycles. The summed E-state index contributed by atoms with van der Waals surface area (Å²) in [4.78, 5) is 15.5. The summed E-state index contributed by atoms with van der Waals surface area (Å²) in [6, 6.07) is 18.0. The predicted molar refractivity (Wildman–Crippen MR) is 160 cm³/mol. The van der Waals surface area contributed by atoms with E-state index in [0.29, 0.717) is 35.4 Å². The largest absolute Gasteiger partial charge is 0.393 e. The number of aromatic nitrogens is 3. The lowest BCUT2D eigenvalue weighted by molar-refractivity contribution is -0.126. The van der Waals surface area contributed by atoms with Gasteiger partial charge in [0.15, 0.2) is 0 Å². The van der Waals surface area contributed by atoms with Gasteiger partial charge in [0, 0.05) is 47.9 Å². The van der Waals surface area contributed by atoms with Crippen LogP contribution in [-0.4, -0.2) is 51.5 Å². The maximum absolute atomic E-state index is 12.9. The average Bonchev–Trinajstić information content (AvgIpc) is 3.52. The molecule has 6 nitrogen and oxygen atoms in total. The lowest BCUT2D eigenvalue weighted by atomic mass is 10.00. The zero-order chi connectivity index (χ0) is 27.9. The number of thiophene rings is 1. The van der Waals surface area contributed by atoms with Gasteiger partial charge in [-0.3, -0.25) is 4.98 Å². The first-order valence-electron chi connectivity index (χ1n) is 13.1. The van der Waals surface area contributed by atoms with Crippen molar-refractivity contribution in [3.05, 3.63) is 83.8 Å². The van der Waals surface area contributed by atoms with Crippen LogP contribution in [-0.2, 0) is 13.0 Å². The van der Waals surface area contributed by atoms with Crippen molar-refractivity contribution >= 4 is 50.6 Å². The van der Waals surface area contributed by atoms with Gasteiger partial charge >= 0.3 is 6.18 Å². The number of benzene rings is 2. The zero-order valence-corrected chi connectivity index (χ0v) is 23.8. The summed E-state index contributed by atoms with van der Waals surface area (Å²) < 4.78 is 38.8. The molecule has 214 valence electrons. The summed E-state index contributed by atoms with van der Waals surface area (Å²) in [7, 11) is 1.83. The fraction of sp³-hybridized carbons (Fsp3) is 0.300. The molecule has 0 unspecified atom stereocenters. The van der Waals surface area contributed by atoms with E-state index < -0.39 is 18.7 Å². The van der Waals surface area contributed by atoms with Gasteiger partial charge in [0.1, 0.15) is 17.0 Å². The first-order chi connectivity index (χ1) is 19.2. The van der Waals surface area contributed by atoms with E-state index >= 15 is 0 Å². The summed E-state index contributed by atoms with van der Waals surface area (Å²) >= 11 is 1.03. The Balaban J connectivity index is 0.00000337. The zero-order valence-electron chi connectivity index (χ0n) is 22.2. The van der Waals surface area contributed by atoms with Crippen LogP contribution in [0.5, 0.6) is 0 Å². The quantitative estimate of drug-likeness (QED) is 0.221. The van der Waals surface area contributed by atoms with Crippen LogP contribution in [0.1, 0.15) is 23.3 Å². The van der Waals surface area contributed by atoms with E-state index in [2.05, 4.69) is 56.7 Å². The molecule has 41 heavy (non-hydrogen) atoms. The molecule has 0 spiro atoms. The topological polar surface area (TPSA) is 74.2 Å². The second-order valence-electron chi connectivity index (χ2n) is 10.3. The standard InChI is InChI=1S/C30H28F3N5OS.ClH/c1-38(28-24-12-22(13-30(31,32)33)40-29(24)37-17-36-28)26-10-21(11-27(26)39)35-14-18-6-8-19(9-7-18)25-16-34-15-20-4-2-3-5-23(20)25;/h2-9,12,15-17,21,26-27,35,39H,10-11,13-14H2,1H3;1H/t21-,26+,27-;/m1./s1. The fourth-order valence-corrected chi connectivity index (χ4v) is 6.62. The number of rotatable bonds is 7. The van der Waals surface area contributed by atoms with Crippen LogP contribution >= 0.6 is 23.7 Å². The van der Waals surface area contributed by atoms with Gasteiger partial charge in [-0.25, -0.2) is 9.97 Å². The first kappa shape index (κ1) is 29.2. The number of hydrogen-bond donors (Lipinski definition) is 2. The van der Waals surface area contributed by atoms with Crippen LogP contribution in [0.3, 0.4) is 0 Å². The third-order valence-electron chi connectivity index (χ3n) is 7.59. The Bertz CT molecular complexity index is 1640. The highest BCUT2D eigenvalue weighted by Crippen LogP contribution is 2.36. The summed E-state index contributed by atoms with van der Waals surface area (Å²) in [6.45, 7) is 0.658. The monoisotopic (exact) mass is 599 g/mol. The number of likely N-dealkylation sites (N-methyl/N-ethyl adjacent to an activating group) is 1. The Labute approximate surface area is 245 Å². The van der Waals surface area contributed by atoms with Gasteiger partial charge in [-0.1, -0.05) is 48.5 Å². The fourth-order valence-electron chi connectivity index (χ4n) is 5.60. The van der Waals surface area contributed by atoms with E-state index in [-0.39, 0.29) is 29.4 Å². The summed E-state index contributed by atoms with van der Waals surface area (Å²) in [6.07, 6.45) is 0.526. The molecule has 0 bridgehead atoms. The van der Waals surface area contributed by atoms with Crippen molar-refractivity contribution in [3.8, 4) is 11.1 Å². The highest BCUT2D eigenvalue weighted by Gasteiger charge is 2.37. The predicted octanol–water partition coefficient (Wildman–Crippen LogP) is 6.55. The van der Waals surface area contributed by atoms with Crippen molar-refractivity contribution in [2.45, 2.75) is 50.2 Å². The van der Waals surface area contributed by atoms with E-state index in [1.807, 2.05) is 36.5 Å². The van der Waals surface area contributed by atoms with Crippen LogP contribution in [0.4, 0.5) is 19.0 Å². The molecule has 0 amide bonds. The molecule has 5 aromatic rings. The molecule has 2 aromatic carbocycles. The summed E-state index contributed by atoms with van der Waals surface area (Å²) in [5.74, 6) is 0.540. The number of hydrogen-bond acceptors (Lipinski definition) is 7. The van der Waals surface area contributed by atoms with E-state index in [1.54, 1.807) is 0 Å². The molecule has 0 saturated heterocycles. The molecule has 1 fully saturated rings. The molecule has 1 aliphatic carbocycles. The average molecular weight is 600 g/mol. The van der Waals surface area contributed by atoms with Gasteiger partial charge in [0.2, 0.25) is 0 Å². The number of nitrogens with zero attached hydrogens (tertiary/aromatic N) is 4. The highest BCUT2D eigenvalue weighted by molar-refractivity contribution is 7.18. The van der Waals surface area contributed by atoms with Gasteiger partial charge in [-0.2, -0.15) is 13.2 Å². The molecule has 6 rings (SSSR count). The number of pyridine rings is 1. The third kappa shape index (κ3) is 6.30. The maximum Gasteiger partial charge on any atom is 0.393 e. The minimum atomic E-state index is -4.28. The Kier molecular flexibility index (Phi) is 8.47. The first-order valence-corrected chi connectivity index (χ1v) is 13.9.